The zero-order valence-electron chi connectivity index (χ0n) is 19.0. The van der Waals surface area contributed by atoms with Gasteiger partial charge in [-0.15, -0.1) is 23.1 Å². The van der Waals surface area contributed by atoms with Gasteiger partial charge in [0.25, 0.3) is 11.8 Å². The van der Waals surface area contributed by atoms with Crippen LogP contribution in [0, 0.1) is 0 Å². The number of benzene rings is 2. The first-order valence-electron chi connectivity index (χ1n) is 11.1. The Morgan fingerprint density at radius 2 is 1.80 bits per heavy atom. The number of thioether (sulfide) groups is 1. The largest absolute Gasteiger partial charge is 0.417 e. The van der Waals surface area contributed by atoms with Crippen LogP contribution in [0.15, 0.2) is 58.8 Å². The van der Waals surface area contributed by atoms with Crippen LogP contribution in [0.2, 0.25) is 0 Å². The Balaban J connectivity index is 1.35. The summed E-state index contributed by atoms with van der Waals surface area (Å²) in [7, 11) is 0. The molecule has 0 atom stereocenters. The van der Waals surface area contributed by atoms with Gasteiger partial charge in [0, 0.05) is 35.8 Å². The monoisotopic (exact) mass is 519 g/mol. The number of nitrogens with one attached hydrogen (secondary N) is 1. The van der Waals surface area contributed by atoms with E-state index in [-0.39, 0.29) is 17.4 Å². The Labute approximate surface area is 209 Å². The highest BCUT2D eigenvalue weighted by Gasteiger charge is 2.36. The molecule has 0 saturated carbocycles. The molecule has 1 aromatic heterocycles. The second-order valence-electron chi connectivity index (χ2n) is 8.18. The number of aromatic nitrogens is 1. The minimum absolute atomic E-state index is 0.0562. The summed E-state index contributed by atoms with van der Waals surface area (Å²) in [5.74, 6) is -0.804. The molecule has 1 aliphatic heterocycles. The maximum absolute atomic E-state index is 13.3. The standard InChI is InChI=1S/C25H24F3N3O2S2/c1-34-21-9-5-2-6-17(21)14-29-22(32)20-15-35-23(30-20)16-10-12-31(13-11-16)24(33)18-7-3-4-8-19(18)25(26,27)28/h2-9,15-16H,10-14H2,1H3,(H,29,32). The second-order valence-corrected chi connectivity index (χ2v) is 9.91. The SMILES string of the molecule is CSc1ccccc1CNC(=O)c1csc(C2CCN(C(=O)c3ccccc3C(F)(F)F)CC2)n1. The van der Waals surface area contributed by atoms with E-state index in [2.05, 4.69) is 10.3 Å². The Hall–Kier alpha value is -2.85. The van der Waals surface area contributed by atoms with Gasteiger partial charge in [0.2, 0.25) is 0 Å². The average molecular weight is 520 g/mol. The number of nitrogens with zero attached hydrogens (tertiary/aromatic N) is 2. The molecule has 0 bridgehead atoms. The molecule has 0 radical (unpaired) electrons. The maximum atomic E-state index is 13.3. The van der Waals surface area contributed by atoms with E-state index in [0.717, 1.165) is 21.5 Å². The third kappa shape index (κ3) is 5.87. The zero-order valence-corrected chi connectivity index (χ0v) is 20.6. The molecule has 184 valence electrons. The predicted octanol–water partition coefficient (Wildman–Crippen LogP) is 5.83. The number of rotatable bonds is 6. The first-order valence-corrected chi connectivity index (χ1v) is 13.2. The number of carbonyl (C=O) groups excluding carboxylic acids is 2. The molecule has 3 aromatic rings. The van der Waals surface area contributed by atoms with Crippen LogP contribution in [-0.4, -0.2) is 41.0 Å². The first-order chi connectivity index (χ1) is 16.8. The summed E-state index contributed by atoms with van der Waals surface area (Å²) in [5.41, 5.74) is 0.148. The van der Waals surface area contributed by atoms with Gasteiger partial charge in [0.1, 0.15) is 5.69 Å². The van der Waals surface area contributed by atoms with Crippen LogP contribution in [-0.2, 0) is 12.7 Å². The van der Waals surface area contributed by atoms with Crippen LogP contribution in [0.5, 0.6) is 0 Å². The molecule has 10 heteroatoms. The Bertz CT molecular complexity index is 1200. The van der Waals surface area contributed by atoms with Crippen molar-refractivity contribution in [3.8, 4) is 0 Å². The molecule has 0 aliphatic carbocycles. The molecular weight excluding hydrogens is 495 g/mol. The summed E-state index contributed by atoms with van der Waals surface area (Å²) in [6.45, 7) is 1.08. The topological polar surface area (TPSA) is 62.3 Å². The fourth-order valence-electron chi connectivity index (χ4n) is 4.11. The molecule has 1 fully saturated rings. The highest BCUT2D eigenvalue weighted by molar-refractivity contribution is 7.98. The van der Waals surface area contributed by atoms with Gasteiger partial charge in [0.15, 0.2) is 0 Å². The van der Waals surface area contributed by atoms with Gasteiger partial charge in [-0.05, 0) is 42.9 Å². The van der Waals surface area contributed by atoms with Crippen LogP contribution in [0.4, 0.5) is 13.2 Å². The number of carbonyl (C=O) groups is 2. The summed E-state index contributed by atoms with van der Waals surface area (Å²) < 4.78 is 39.9. The summed E-state index contributed by atoms with van der Waals surface area (Å²) in [6, 6.07) is 12.7. The van der Waals surface area contributed by atoms with Gasteiger partial charge in [0.05, 0.1) is 16.1 Å². The molecule has 5 nitrogen and oxygen atoms in total. The van der Waals surface area contributed by atoms with Crippen molar-refractivity contribution in [3.05, 3.63) is 81.3 Å². The van der Waals surface area contributed by atoms with Crippen molar-refractivity contribution >= 4 is 34.9 Å². The number of hydrogen-bond donors (Lipinski definition) is 1. The Morgan fingerprint density at radius 1 is 1.11 bits per heavy atom. The van der Waals surface area contributed by atoms with Gasteiger partial charge >= 0.3 is 6.18 Å². The van der Waals surface area contributed by atoms with Crippen molar-refractivity contribution in [2.24, 2.45) is 0 Å². The third-order valence-corrected chi connectivity index (χ3v) is 7.83. The summed E-state index contributed by atoms with van der Waals surface area (Å²) in [6.07, 6.45) is -1.44. The van der Waals surface area contributed by atoms with E-state index >= 15 is 0 Å². The number of thiazole rings is 1. The lowest BCUT2D eigenvalue weighted by Gasteiger charge is -2.31. The average Bonchev–Trinajstić information content (AvgIpc) is 3.37. The molecule has 2 amide bonds. The molecule has 0 spiro atoms. The molecule has 1 aliphatic rings. The van der Waals surface area contributed by atoms with E-state index in [0.29, 0.717) is 38.2 Å². The van der Waals surface area contributed by atoms with Crippen molar-refractivity contribution in [1.82, 2.24) is 15.2 Å². The predicted molar refractivity (Wildman–Crippen MR) is 131 cm³/mol. The summed E-state index contributed by atoms with van der Waals surface area (Å²) >= 11 is 3.02. The van der Waals surface area contributed by atoms with Gasteiger partial charge in [-0.3, -0.25) is 9.59 Å². The van der Waals surface area contributed by atoms with Crippen LogP contribution < -0.4 is 5.32 Å². The van der Waals surface area contributed by atoms with E-state index < -0.39 is 17.6 Å². The van der Waals surface area contributed by atoms with Crippen molar-refractivity contribution in [2.75, 3.05) is 19.3 Å². The number of hydrogen-bond acceptors (Lipinski definition) is 5. The Morgan fingerprint density at radius 3 is 2.51 bits per heavy atom. The van der Waals surface area contributed by atoms with Crippen LogP contribution in [0.3, 0.4) is 0 Å². The molecule has 2 heterocycles. The van der Waals surface area contributed by atoms with E-state index in [1.165, 1.54) is 34.4 Å². The normalized spacial score (nSPS) is 14.7. The lowest BCUT2D eigenvalue weighted by molar-refractivity contribution is -0.138. The molecule has 0 unspecified atom stereocenters. The number of likely N-dealkylation sites (tertiary alicyclic amines) is 1. The van der Waals surface area contributed by atoms with E-state index in [4.69, 9.17) is 0 Å². The van der Waals surface area contributed by atoms with Crippen molar-refractivity contribution < 1.29 is 22.8 Å². The lowest BCUT2D eigenvalue weighted by Crippen LogP contribution is -2.38. The van der Waals surface area contributed by atoms with Crippen LogP contribution in [0.25, 0.3) is 0 Å². The van der Waals surface area contributed by atoms with Gasteiger partial charge < -0.3 is 10.2 Å². The molecule has 1 N–H and O–H groups in total. The first kappa shape index (κ1) is 25.2. The molecule has 1 saturated heterocycles. The minimum atomic E-state index is -4.58. The van der Waals surface area contributed by atoms with Crippen LogP contribution in [0.1, 0.15) is 55.7 Å². The quantitative estimate of drug-likeness (QED) is 0.416. The molecule has 4 rings (SSSR count). The fourth-order valence-corrected chi connectivity index (χ4v) is 5.70. The van der Waals surface area contributed by atoms with E-state index in [9.17, 15) is 22.8 Å². The summed E-state index contributed by atoms with van der Waals surface area (Å²) in [5, 5.41) is 5.44. The molecular formula is C25H24F3N3O2S2. The van der Waals surface area contributed by atoms with E-state index in [1.54, 1.807) is 17.1 Å². The summed E-state index contributed by atoms with van der Waals surface area (Å²) in [4.78, 5) is 32.5. The third-order valence-electron chi connectivity index (χ3n) is 5.98. The van der Waals surface area contributed by atoms with E-state index in [1.807, 2.05) is 30.5 Å². The van der Waals surface area contributed by atoms with Crippen molar-refractivity contribution in [1.29, 1.82) is 0 Å². The van der Waals surface area contributed by atoms with Crippen LogP contribution >= 0.6 is 23.1 Å². The van der Waals surface area contributed by atoms with Crippen molar-refractivity contribution in [3.63, 3.8) is 0 Å². The van der Waals surface area contributed by atoms with Crippen molar-refractivity contribution in [2.45, 2.75) is 36.4 Å². The number of halogens is 3. The van der Waals surface area contributed by atoms with Gasteiger partial charge in [-0.25, -0.2) is 4.98 Å². The lowest BCUT2D eigenvalue weighted by atomic mass is 9.96. The highest BCUT2D eigenvalue weighted by atomic mass is 32.2. The minimum Gasteiger partial charge on any atom is -0.347 e. The van der Waals surface area contributed by atoms with Gasteiger partial charge in [-0.1, -0.05) is 30.3 Å². The second kappa shape index (κ2) is 10.8. The smallest absolute Gasteiger partial charge is 0.347 e. The number of piperidine rings is 1. The molecule has 2 aromatic carbocycles. The number of amides is 2. The highest BCUT2D eigenvalue weighted by Crippen LogP contribution is 2.34. The van der Waals surface area contributed by atoms with Gasteiger partial charge in [-0.2, -0.15) is 13.2 Å². The fraction of sp³-hybridized carbons (Fsp3) is 0.320. The number of alkyl halides is 3. The molecule has 35 heavy (non-hydrogen) atoms. The maximum Gasteiger partial charge on any atom is 0.417 e. The zero-order chi connectivity index (χ0) is 25.0. The Kier molecular flexibility index (Phi) is 7.81.